The lowest BCUT2D eigenvalue weighted by atomic mass is 10.0. The Kier molecular flexibility index (Phi) is 8.56. The summed E-state index contributed by atoms with van der Waals surface area (Å²) < 4.78 is 0. The number of aliphatic carboxylic acids is 1. The fourth-order valence-corrected chi connectivity index (χ4v) is 3.21. The van der Waals surface area contributed by atoms with E-state index in [1.54, 1.807) is 6.20 Å². The number of benzene rings is 1. The molecule has 0 aliphatic heterocycles. The monoisotopic (exact) mass is 431 g/mol. The van der Waals surface area contributed by atoms with Gasteiger partial charge in [0.1, 0.15) is 12.1 Å². The molecule has 2 unspecified atom stereocenters. The van der Waals surface area contributed by atoms with Crippen molar-refractivity contribution < 1.29 is 24.3 Å². The van der Waals surface area contributed by atoms with Crippen molar-refractivity contribution in [1.82, 2.24) is 20.9 Å². The van der Waals surface area contributed by atoms with Gasteiger partial charge in [0.2, 0.25) is 17.7 Å². The van der Waals surface area contributed by atoms with E-state index in [-0.39, 0.29) is 18.9 Å². The largest absolute Gasteiger partial charge is 0.480 e. The van der Waals surface area contributed by atoms with Crippen molar-refractivity contribution in [2.24, 2.45) is 11.7 Å². The second kappa shape index (κ2) is 11.1. The molecule has 31 heavy (non-hydrogen) atoms. The highest BCUT2D eigenvalue weighted by atomic mass is 16.4. The van der Waals surface area contributed by atoms with E-state index in [1.165, 1.54) is 0 Å². The standard InChI is InChI=1S/C21H29N5O5/c1-12(2)7-16(25-18(27)9-22)20(29)24-11-19(28)26-17(21(30)31)8-13-10-23-15-6-4-3-5-14(13)15/h3-6,10,12,16-17,23H,7-9,11,22H2,1-2H3,(H,24,29)(H,25,27)(H,26,28)(H,30,31). The number of amides is 3. The highest BCUT2D eigenvalue weighted by Gasteiger charge is 2.24. The van der Waals surface area contributed by atoms with Crippen LogP contribution in [0.4, 0.5) is 0 Å². The number of carbonyl (C=O) groups is 4. The lowest BCUT2D eigenvalue weighted by Gasteiger charge is -2.20. The van der Waals surface area contributed by atoms with Gasteiger partial charge in [0.05, 0.1) is 13.1 Å². The Hall–Kier alpha value is -3.40. The molecule has 10 heteroatoms. The molecule has 0 radical (unpaired) electrons. The number of nitrogens with two attached hydrogens (primary N) is 1. The number of H-pyrrole nitrogens is 1. The minimum absolute atomic E-state index is 0.0849. The van der Waals surface area contributed by atoms with Crippen molar-refractivity contribution in [3.63, 3.8) is 0 Å². The van der Waals surface area contributed by atoms with Gasteiger partial charge in [-0.2, -0.15) is 0 Å². The van der Waals surface area contributed by atoms with E-state index < -0.39 is 42.3 Å². The molecule has 168 valence electrons. The number of aromatic amines is 1. The first kappa shape index (κ1) is 23.9. The summed E-state index contributed by atoms with van der Waals surface area (Å²) in [7, 11) is 0. The molecular formula is C21H29N5O5. The van der Waals surface area contributed by atoms with Crippen LogP contribution in [-0.4, -0.2) is 59.0 Å². The van der Waals surface area contributed by atoms with Crippen molar-refractivity contribution in [2.45, 2.75) is 38.8 Å². The van der Waals surface area contributed by atoms with Gasteiger partial charge < -0.3 is 31.8 Å². The van der Waals surface area contributed by atoms with Crippen LogP contribution >= 0.6 is 0 Å². The SMILES string of the molecule is CC(C)CC(NC(=O)CN)C(=O)NCC(=O)NC(Cc1c[nH]c2ccccc12)C(=O)O. The smallest absolute Gasteiger partial charge is 0.326 e. The fraction of sp³-hybridized carbons (Fsp3) is 0.429. The zero-order chi connectivity index (χ0) is 23.0. The number of carboxylic acid groups (broad SMARTS) is 1. The Labute approximate surface area is 179 Å². The van der Waals surface area contributed by atoms with E-state index in [0.29, 0.717) is 6.42 Å². The zero-order valence-electron chi connectivity index (χ0n) is 17.6. The Morgan fingerprint density at radius 1 is 1.06 bits per heavy atom. The Morgan fingerprint density at radius 2 is 1.74 bits per heavy atom. The molecule has 3 amide bonds. The van der Waals surface area contributed by atoms with Gasteiger partial charge in [-0.25, -0.2) is 4.79 Å². The van der Waals surface area contributed by atoms with Crippen LogP contribution in [0.25, 0.3) is 10.9 Å². The van der Waals surface area contributed by atoms with E-state index in [2.05, 4.69) is 20.9 Å². The Balaban J connectivity index is 1.95. The molecule has 2 rings (SSSR count). The summed E-state index contributed by atoms with van der Waals surface area (Å²) in [6.07, 6.45) is 2.17. The van der Waals surface area contributed by atoms with Crippen molar-refractivity contribution in [3.05, 3.63) is 36.0 Å². The quantitative estimate of drug-likeness (QED) is 0.290. The number of carboxylic acids is 1. The van der Waals surface area contributed by atoms with E-state index >= 15 is 0 Å². The summed E-state index contributed by atoms with van der Waals surface area (Å²) in [5.41, 5.74) is 6.91. The van der Waals surface area contributed by atoms with Crippen LogP contribution < -0.4 is 21.7 Å². The van der Waals surface area contributed by atoms with Crippen LogP contribution in [0.1, 0.15) is 25.8 Å². The molecule has 1 aromatic heterocycles. The summed E-state index contributed by atoms with van der Waals surface area (Å²) >= 11 is 0. The van der Waals surface area contributed by atoms with E-state index in [1.807, 2.05) is 38.1 Å². The first-order valence-corrected chi connectivity index (χ1v) is 10.1. The summed E-state index contributed by atoms with van der Waals surface area (Å²) in [5.74, 6) is -2.72. The van der Waals surface area contributed by atoms with Gasteiger partial charge in [0.15, 0.2) is 0 Å². The number of hydrogen-bond donors (Lipinski definition) is 6. The Morgan fingerprint density at radius 3 is 2.39 bits per heavy atom. The fourth-order valence-electron chi connectivity index (χ4n) is 3.21. The van der Waals surface area contributed by atoms with Gasteiger partial charge in [-0.1, -0.05) is 32.0 Å². The van der Waals surface area contributed by atoms with E-state index in [0.717, 1.165) is 16.5 Å². The first-order valence-electron chi connectivity index (χ1n) is 10.1. The van der Waals surface area contributed by atoms with Crippen LogP contribution in [0.15, 0.2) is 30.5 Å². The maximum absolute atomic E-state index is 12.4. The van der Waals surface area contributed by atoms with Crippen LogP contribution in [-0.2, 0) is 25.6 Å². The van der Waals surface area contributed by atoms with Crippen LogP contribution in [0, 0.1) is 5.92 Å². The normalized spacial score (nSPS) is 12.9. The van der Waals surface area contributed by atoms with Gasteiger partial charge >= 0.3 is 5.97 Å². The summed E-state index contributed by atoms with van der Waals surface area (Å²) in [5, 5.41) is 17.8. The maximum Gasteiger partial charge on any atom is 0.326 e. The van der Waals surface area contributed by atoms with Crippen molar-refractivity contribution in [2.75, 3.05) is 13.1 Å². The summed E-state index contributed by atoms with van der Waals surface area (Å²) in [6, 6.07) is 5.47. The zero-order valence-corrected chi connectivity index (χ0v) is 17.6. The number of para-hydroxylation sites is 1. The van der Waals surface area contributed by atoms with Crippen molar-refractivity contribution in [3.8, 4) is 0 Å². The third-order valence-electron chi connectivity index (χ3n) is 4.70. The number of nitrogens with one attached hydrogen (secondary N) is 4. The van der Waals surface area contributed by atoms with Crippen LogP contribution in [0.5, 0.6) is 0 Å². The van der Waals surface area contributed by atoms with Gasteiger partial charge in [0, 0.05) is 23.5 Å². The predicted octanol–water partition coefficient (Wildman–Crippen LogP) is -0.114. The molecule has 0 saturated heterocycles. The second-order valence-electron chi connectivity index (χ2n) is 7.69. The van der Waals surface area contributed by atoms with E-state index in [4.69, 9.17) is 5.73 Å². The number of aromatic nitrogens is 1. The van der Waals surface area contributed by atoms with Gasteiger partial charge in [0.25, 0.3) is 0 Å². The third kappa shape index (κ3) is 7.10. The van der Waals surface area contributed by atoms with E-state index in [9.17, 15) is 24.3 Å². The maximum atomic E-state index is 12.4. The number of rotatable bonds is 11. The average Bonchev–Trinajstić information content (AvgIpc) is 3.13. The molecular weight excluding hydrogens is 402 g/mol. The molecule has 2 aromatic rings. The minimum atomic E-state index is -1.18. The molecule has 7 N–H and O–H groups in total. The van der Waals surface area contributed by atoms with Gasteiger partial charge in [-0.15, -0.1) is 0 Å². The Bertz CT molecular complexity index is 939. The highest BCUT2D eigenvalue weighted by molar-refractivity contribution is 5.92. The molecule has 10 nitrogen and oxygen atoms in total. The molecule has 0 saturated carbocycles. The van der Waals surface area contributed by atoms with Crippen molar-refractivity contribution >= 4 is 34.6 Å². The lowest BCUT2D eigenvalue weighted by Crippen LogP contribution is -2.52. The molecule has 1 aromatic carbocycles. The molecule has 2 atom stereocenters. The topological polar surface area (TPSA) is 166 Å². The molecule has 0 spiro atoms. The predicted molar refractivity (Wildman–Crippen MR) is 115 cm³/mol. The molecule has 0 fully saturated rings. The average molecular weight is 431 g/mol. The van der Waals surface area contributed by atoms with Crippen molar-refractivity contribution in [1.29, 1.82) is 0 Å². The minimum Gasteiger partial charge on any atom is -0.480 e. The second-order valence-corrected chi connectivity index (χ2v) is 7.69. The van der Waals surface area contributed by atoms with Gasteiger partial charge in [-0.05, 0) is 24.0 Å². The van der Waals surface area contributed by atoms with Crippen LogP contribution in [0.3, 0.4) is 0 Å². The van der Waals surface area contributed by atoms with Crippen LogP contribution in [0.2, 0.25) is 0 Å². The number of carbonyl (C=O) groups excluding carboxylic acids is 3. The molecule has 1 heterocycles. The molecule has 0 aliphatic rings. The van der Waals surface area contributed by atoms with Gasteiger partial charge in [-0.3, -0.25) is 14.4 Å². The molecule has 0 bridgehead atoms. The number of hydrogen-bond acceptors (Lipinski definition) is 5. The third-order valence-corrected chi connectivity index (χ3v) is 4.70. The summed E-state index contributed by atoms with van der Waals surface area (Å²) in [6.45, 7) is 3.12. The first-order chi connectivity index (χ1) is 14.7. The molecule has 0 aliphatic carbocycles. The number of fused-ring (bicyclic) bond motifs is 1. The highest BCUT2D eigenvalue weighted by Crippen LogP contribution is 2.19. The summed E-state index contributed by atoms with van der Waals surface area (Å²) in [4.78, 5) is 50.9. The lowest BCUT2D eigenvalue weighted by molar-refractivity contribution is -0.141.